The Morgan fingerprint density at radius 1 is 1.12 bits per heavy atom. The van der Waals surface area contributed by atoms with Crippen molar-refractivity contribution in [1.29, 1.82) is 0 Å². The van der Waals surface area contributed by atoms with Crippen LogP contribution in [0.2, 0.25) is 0 Å². The number of nitrogens with two attached hydrogens (primary N) is 1. The number of hydrogen-bond acceptors (Lipinski definition) is 3. The fraction of sp³-hybridized carbons (Fsp3) is 0.357. The first-order chi connectivity index (χ1) is 8.33. The van der Waals surface area contributed by atoms with E-state index >= 15 is 0 Å². The van der Waals surface area contributed by atoms with Crippen molar-refractivity contribution < 1.29 is 0 Å². The molecule has 0 saturated carbocycles. The highest BCUT2D eigenvalue weighted by Crippen LogP contribution is 2.23. The summed E-state index contributed by atoms with van der Waals surface area (Å²) >= 11 is 0. The van der Waals surface area contributed by atoms with Crippen molar-refractivity contribution in [2.24, 2.45) is 5.73 Å². The van der Waals surface area contributed by atoms with Gasteiger partial charge in [-0.25, -0.2) is 0 Å². The van der Waals surface area contributed by atoms with E-state index in [4.69, 9.17) is 5.73 Å². The van der Waals surface area contributed by atoms with Gasteiger partial charge in [0.2, 0.25) is 0 Å². The Balaban J connectivity index is 1.90. The molecular weight excluding hydrogens is 210 g/mol. The van der Waals surface area contributed by atoms with Gasteiger partial charge < -0.3 is 10.6 Å². The molecule has 1 aromatic carbocycles. The third-order valence-corrected chi connectivity index (χ3v) is 3.53. The van der Waals surface area contributed by atoms with E-state index in [1.165, 1.54) is 16.5 Å². The Hall–Kier alpha value is -1.61. The minimum Gasteiger partial charge on any atom is -0.371 e. The predicted molar refractivity (Wildman–Crippen MR) is 71.2 cm³/mol. The smallest absolute Gasteiger partial charge is 0.0372 e. The van der Waals surface area contributed by atoms with Crippen LogP contribution < -0.4 is 10.6 Å². The van der Waals surface area contributed by atoms with Crippen LogP contribution in [0.5, 0.6) is 0 Å². The van der Waals surface area contributed by atoms with E-state index in [1.807, 2.05) is 12.4 Å². The lowest BCUT2D eigenvalue weighted by atomic mass is 10.0. The van der Waals surface area contributed by atoms with E-state index in [0.717, 1.165) is 25.9 Å². The Morgan fingerprint density at radius 3 is 2.76 bits per heavy atom. The Labute approximate surface area is 101 Å². The molecule has 1 fully saturated rings. The first-order valence-electron chi connectivity index (χ1n) is 6.17. The van der Waals surface area contributed by atoms with Gasteiger partial charge in [-0.15, -0.1) is 0 Å². The molecule has 1 aromatic heterocycles. The Bertz CT molecular complexity index is 516. The molecule has 0 aliphatic carbocycles. The number of rotatable bonds is 1. The number of pyridine rings is 1. The maximum Gasteiger partial charge on any atom is 0.0372 e. The molecule has 17 heavy (non-hydrogen) atoms. The third kappa shape index (κ3) is 2.11. The van der Waals surface area contributed by atoms with Crippen molar-refractivity contribution in [2.45, 2.75) is 18.9 Å². The molecule has 0 atom stereocenters. The van der Waals surface area contributed by atoms with E-state index < -0.39 is 0 Å². The fourth-order valence-electron chi connectivity index (χ4n) is 2.43. The average Bonchev–Trinajstić information content (AvgIpc) is 2.39. The normalized spacial score (nSPS) is 17.6. The molecule has 1 aliphatic heterocycles. The van der Waals surface area contributed by atoms with Crippen molar-refractivity contribution in [3.63, 3.8) is 0 Å². The lowest BCUT2D eigenvalue weighted by Gasteiger charge is -2.32. The summed E-state index contributed by atoms with van der Waals surface area (Å²) in [7, 11) is 0. The number of fused-ring (bicyclic) bond motifs is 1. The van der Waals surface area contributed by atoms with E-state index in [-0.39, 0.29) is 0 Å². The quantitative estimate of drug-likeness (QED) is 0.811. The van der Waals surface area contributed by atoms with Crippen LogP contribution in [0, 0.1) is 0 Å². The highest BCUT2D eigenvalue weighted by Gasteiger charge is 2.16. The first kappa shape index (κ1) is 10.5. The second-order valence-corrected chi connectivity index (χ2v) is 4.73. The van der Waals surface area contributed by atoms with Gasteiger partial charge in [-0.2, -0.15) is 0 Å². The third-order valence-electron chi connectivity index (χ3n) is 3.53. The van der Waals surface area contributed by atoms with Crippen LogP contribution in [0.15, 0.2) is 36.7 Å². The van der Waals surface area contributed by atoms with E-state index in [2.05, 4.69) is 34.1 Å². The summed E-state index contributed by atoms with van der Waals surface area (Å²) in [6.07, 6.45) is 5.94. The zero-order valence-electron chi connectivity index (χ0n) is 9.84. The van der Waals surface area contributed by atoms with Crippen molar-refractivity contribution in [3.05, 3.63) is 36.7 Å². The maximum absolute atomic E-state index is 5.93. The number of benzene rings is 1. The van der Waals surface area contributed by atoms with E-state index in [9.17, 15) is 0 Å². The molecule has 3 rings (SSSR count). The molecule has 2 heterocycles. The number of aromatic nitrogens is 1. The summed E-state index contributed by atoms with van der Waals surface area (Å²) in [5, 5.41) is 2.46. The van der Waals surface area contributed by atoms with Crippen LogP contribution in [-0.4, -0.2) is 24.1 Å². The lowest BCUT2D eigenvalue weighted by Crippen LogP contribution is -2.39. The lowest BCUT2D eigenvalue weighted by molar-refractivity contribution is 0.501. The largest absolute Gasteiger partial charge is 0.371 e. The minimum atomic E-state index is 0.385. The second-order valence-electron chi connectivity index (χ2n) is 4.73. The summed E-state index contributed by atoms with van der Waals surface area (Å²) in [4.78, 5) is 6.55. The average molecular weight is 227 g/mol. The zero-order chi connectivity index (χ0) is 11.7. The summed E-state index contributed by atoms with van der Waals surface area (Å²) in [6, 6.07) is 9.02. The van der Waals surface area contributed by atoms with Gasteiger partial charge in [-0.05, 0) is 36.4 Å². The molecule has 0 spiro atoms. The summed E-state index contributed by atoms with van der Waals surface area (Å²) in [6.45, 7) is 2.13. The summed E-state index contributed by atoms with van der Waals surface area (Å²) in [5.74, 6) is 0. The molecule has 3 nitrogen and oxygen atoms in total. The highest BCUT2D eigenvalue weighted by atomic mass is 15.1. The number of piperidine rings is 1. The van der Waals surface area contributed by atoms with Crippen LogP contribution in [-0.2, 0) is 0 Å². The standard InChI is InChI=1S/C14H17N3/c15-13-4-7-17(8-5-13)14-2-1-12-10-16-6-3-11(12)9-14/h1-3,6,9-10,13H,4-5,7-8,15H2. The molecule has 0 amide bonds. The number of nitrogens with zero attached hydrogens (tertiary/aromatic N) is 2. The van der Waals surface area contributed by atoms with Gasteiger partial charge in [-0.1, -0.05) is 6.07 Å². The molecule has 88 valence electrons. The van der Waals surface area contributed by atoms with Gasteiger partial charge in [0, 0.05) is 42.6 Å². The van der Waals surface area contributed by atoms with Gasteiger partial charge in [-0.3, -0.25) is 4.98 Å². The van der Waals surface area contributed by atoms with Crippen LogP contribution in [0.25, 0.3) is 10.8 Å². The van der Waals surface area contributed by atoms with Crippen molar-refractivity contribution in [1.82, 2.24) is 4.98 Å². The summed E-state index contributed by atoms with van der Waals surface area (Å²) in [5.41, 5.74) is 7.23. The van der Waals surface area contributed by atoms with Crippen LogP contribution >= 0.6 is 0 Å². The molecule has 0 bridgehead atoms. The zero-order valence-corrected chi connectivity index (χ0v) is 9.84. The molecule has 2 N–H and O–H groups in total. The number of hydrogen-bond donors (Lipinski definition) is 1. The molecular formula is C14H17N3. The molecule has 0 radical (unpaired) electrons. The van der Waals surface area contributed by atoms with Gasteiger partial charge in [0.25, 0.3) is 0 Å². The van der Waals surface area contributed by atoms with Crippen molar-refractivity contribution in [3.8, 4) is 0 Å². The van der Waals surface area contributed by atoms with Crippen LogP contribution in [0.1, 0.15) is 12.8 Å². The van der Waals surface area contributed by atoms with Gasteiger partial charge in [0.1, 0.15) is 0 Å². The van der Waals surface area contributed by atoms with E-state index in [0.29, 0.717) is 6.04 Å². The fourth-order valence-corrected chi connectivity index (χ4v) is 2.43. The molecule has 1 aliphatic rings. The number of anilines is 1. The summed E-state index contributed by atoms with van der Waals surface area (Å²) < 4.78 is 0. The van der Waals surface area contributed by atoms with Crippen molar-refractivity contribution >= 4 is 16.5 Å². The predicted octanol–water partition coefficient (Wildman–Crippen LogP) is 2.16. The van der Waals surface area contributed by atoms with Gasteiger partial charge >= 0.3 is 0 Å². The van der Waals surface area contributed by atoms with Crippen molar-refractivity contribution in [2.75, 3.05) is 18.0 Å². The maximum atomic E-state index is 5.93. The Kier molecular flexibility index (Phi) is 2.69. The van der Waals surface area contributed by atoms with Crippen LogP contribution in [0.3, 0.4) is 0 Å². The molecule has 3 heteroatoms. The molecule has 0 unspecified atom stereocenters. The van der Waals surface area contributed by atoms with Gasteiger partial charge in [0.15, 0.2) is 0 Å². The van der Waals surface area contributed by atoms with Crippen LogP contribution in [0.4, 0.5) is 5.69 Å². The van der Waals surface area contributed by atoms with Gasteiger partial charge in [0.05, 0.1) is 0 Å². The monoisotopic (exact) mass is 227 g/mol. The topological polar surface area (TPSA) is 42.1 Å². The molecule has 1 saturated heterocycles. The minimum absolute atomic E-state index is 0.385. The SMILES string of the molecule is NC1CCN(c2ccc3cnccc3c2)CC1. The molecule has 2 aromatic rings. The second kappa shape index (κ2) is 4.34. The Morgan fingerprint density at radius 2 is 1.94 bits per heavy atom. The first-order valence-corrected chi connectivity index (χ1v) is 6.17. The highest BCUT2D eigenvalue weighted by molar-refractivity contribution is 5.85. The van der Waals surface area contributed by atoms with E-state index in [1.54, 1.807) is 0 Å².